The molecule has 3 aliphatic heterocycles. The molecule has 3 aliphatic rings. The lowest BCUT2D eigenvalue weighted by Crippen LogP contribution is -2.51. The maximum atomic E-state index is 14.1. The molecule has 9 nitrogen and oxygen atoms in total. The van der Waals surface area contributed by atoms with Crippen LogP contribution < -0.4 is 19.9 Å². The Hall–Kier alpha value is -2.63. The van der Waals surface area contributed by atoms with Gasteiger partial charge in [0, 0.05) is 50.4 Å². The molecule has 252 valence electrons. The molecule has 0 amide bonds. The third kappa shape index (κ3) is 7.57. The highest BCUT2D eigenvalue weighted by atomic mass is 35.5. The van der Waals surface area contributed by atoms with Gasteiger partial charge in [-0.3, -0.25) is 4.90 Å². The van der Waals surface area contributed by atoms with Gasteiger partial charge >= 0.3 is 12.2 Å². The van der Waals surface area contributed by atoms with Crippen LogP contribution in [0.4, 0.5) is 24.7 Å². The van der Waals surface area contributed by atoms with Gasteiger partial charge in [0.05, 0.1) is 47.1 Å². The molecule has 1 N–H and O–H groups in total. The Morgan fingerprint density at radius 2 is 1.89 bits per heavy atom. The minimum atomic E-state index is -4.60. The number of nitrogens with zero attached hydrogens (tertiary/aromatic N) is 6. The fraction of sp³-hybridized carbons (Fsp3) is 0.656. The molecular weight excluding hydrogens is 635 g/mol. The zero-order valence-corrected chi connectivity index (χ0v) is 29.3. The Morgan fingerprint density at radius 1 is 1.13 bits per heavy atom. The smallest absolute Gasteiger partial charge is 0.419 e. The molecule has 0 bridgehead atoms. The minimum absolute atomic E-state index is 0.0143. The second kappa shape index (κ2) is 13.5. The molecule has 0 spiro atoms. The van der Waals surface area contributed by atoms with Crippen molar-refractivity contribution in [1.82, 2.24) is 20.2 Å². The number of nitriles is 1. The fourth-order valence-electron chi connectivity index (χ4n) is 6.32. The SMILES string of the molecule is CN1C[C@H](O[Si](C)(C)C(C)(C)C)C[C@H]1COc1nc2c(c(N3CCNC(CC#N)C3)n1)CCN(c1cccc(Cl)c1C(F)(F)F)C2. The molecule has 1 unspecified atom stereocenters. The average molecular weight is 680 g/mol. The number of piperazine rings is 1. The Morgan fingerprint density at radius 3 is 2.59 bits per heavy atom. The summed E-state index contributed by atoms with van der Waals surface area (Å²) in [4.78, 5) is 15.8. The van der Waals surface area contributed by atoms with Crippen LogP contribution in [0.15, 0.2) is 18.2 Å². The van der Waals surface area contributed by atoms with Crippen LogP contribution in [0.2, 0.25) is 23.2 Å². The lowest BCUT2D eigenvalue weighted by Gasteiger charge is -2.38. The van der Waals surface area contributed by atoms with Gasteiger partial charge < -0.3 is 24.3 Å². The van der Waals surface area contributed by atoms with E-state index in [0.29, 0.717) is 51.3 Å². The Kier molecular flexibility index (Phi) is 10.2. The van der Waals surface area contributed by atoms with Gasteiger partial charge in [-0.05, 0) is 50.2 Å². The maximum Gasteiger partial charge on any atom is 0.419 e. The molecule has 0 aliphatic carbocycles. The number of likely N-dealkylation sites (tertiary alicyclic amines) is 1. The molecule has 46 heavy (non-hydrogen) atoms. The summed E-state index contributed by atoms with van der Waals surface area (Å²) < 4.78 is 55.2. The Balaban J connectivity index is 1.40. The minimum Gasteiger partial charge on any atom is -0.462 e. The molecule has 2 aromatic rings. The first-order valence-electron chi connectivity index (χ1n) is 15.9. The van der Waals surface area contributed by atoms with E-state index in [-0.39, 0.29) is 46.5 Å². The summed E-state index contributed by atoms with van der Waals surface area (Å²) in [6, 6.07) is 6.80. The fourth-order valence-corrected chi connectivity index (χ4v) is 7.95. The highest BCUT2D eigenvalue weighted by molar-refractivity contribution is 6.74. The number of ether oxygens (including phenoxy) is 1. The van der Waals surface area contributed by atoms with Gasteiger partial charge in [0.1, 0.15) is 12.4 Å². The van der Waals surface area contributed by atoms with Gasteiger partial charge in [0.2, 0.25) is 0 Å². The van der Waals surface area contributed by atoms with Crippen molar-refractivity contribution in [2.24, 2.45) is 0 Å². The quantitative estimate of drug-likeness (QED) is 0.344. The van der Waals surface area contributed by atoms with Gasteiger partial charge in [-0.2, -0.15) is 28.4 Å². The first-order chi connectivity index (χ1) is 21.6. The van der Waals surface area contributed by atoms with E-state index in [2.05, 4.69) is 62.1 Å². The largest absolute Gasteiger partial charge is 0.462 e. The van der Waals surface area contributed by atoms with Gasteiger partial charge in [0.15, 0.2) is 8.32 Å². The van der Waals surface area contributed by atoms with Gasteiger partial charge in [-0.15, -0.1) is 0 Å². The zero-order valence-electron chi connectivity index (χ0n) is 27.5. The molecular formula is C32H45ClF3N7O2Si. The second-order valence-electron chi connectivity index (χ2n) is 14.2. The number of rotatable bonds is 8. The number of anilines is 2. The van der Waals surface area contributed by atoms with Crippen LogP contribution in [0.25, 0.3) is 0 Å². The van der Waals surface area contributed by atoms with E-state index in [1.54, 1.807) is 11.0 Å². The molecule has 0 saturated carbocycles. The molecule has 3 atom stereocenters. The van der Waals surface area contributed by atoms with Crippen molar-refractivity contribution < 1.29 is 22.3 Å². The summed E-state index contributed by atoms with van der Waals surface area (Å²) in [5.74, 6) is 0.727. The molecule has 0 radical (unpaired) electrons. The van der Waals surface area contributed by atoms with Gasteiger partial charge in [0.25, 0.3) is 0 Å². The number of aromatic nitrogens is 2. The van der Waals surface area contributed by atoms with Crippen LogP contribution in [0.1, 0.15) is 50.4 Å². The zero-order chi connectivity index (χ0) is 33.4. The summed E-state index contributed by atoms with van der Waals surface area (Å²) >= 11 is 6.07. The van der Waals surface area contributed by atoms with E-state index in [4.69, 9.17) is 30.7 Å². The van der Waals surface area contributed by atoms with Crippen LogP contribution in [-0.4, -0.2) is 87.8 Å². The number of halogens is 4. The summed E-state index contributed by atoms with van der Waals surface area (Å²) in [6.45, 7) is 14.9. The van der Waals surface area contributed by atoms with Gasteiger partial charge in [-0.25, -0.2) is 0 Å². The molecule has 14 heteroatoms. The van der Waals surface area contributed by atoms with E-state index in [1.165, 1.54) is 12.1 Å². The molecule has 4 heterocycles. The Labute approximate surface area is 276 Å². The summed E-state index contributed by atoms with van der Waals surface area (Å²) in [5.41, 5.74) is 0.724. The normalized spacial score (nSPS) is 22.9. The predicted molar refractivity (Wildman–Crippen MR) is 176 cm³/mol. The van der Waals surface area contributed by atoms with Crippen LogP contribution in [0.3, 0.4) is 0 Å². The summed E-state index contributed by atoms with van der Waals surface area (Å²) in [5, 5.41) is 12.5. The monoisotopic (exact) mass is 679 g/mol. The molecule has 5 rings (SSSR count). The number of fused-ring (bicyclic) bond motifs is 1. The van der Waals surface area contributed by atoms with Crippen molar-refractivity contribution in [3.63, 3.8) is 0 Å². The lowest BCUT2D eigenvalue weighted by molar-refractivity contribution is -0.137. The number of nitrogens with one attached hydrogen (secondary N) is 1. The highest BCUT2D eigenvalue weighted by Crippen LogP contribution is 2.43. The number of hydrogen-bond acceptors (Lipinski definition) is 9. The molecule has 1 aromatic heterocycles. The van der Waals surface area contributed by atoms with E-state index in [1.807, 2.05) is 0 Å². The van der Waals surface area contributed by atoms with E-state index >= 15 is 0 Å². The van der Waals surface area contributed by atoms with E-state index in [0.717, 1.165) is 24.3 Å². The third-order valence-corrected chi connectivity index (χ3v) is 14.7. The summed E-state index contributed by atoms with van der Waals surface area (Å²) in [6.07, 6.45) is -2.83. The first kappa shape index (κ1) is 34.7. The van der Waals surface area contributed by atoms with Gasteiger partial charge in [-0.1, -0.05) is 38.4 Å². The lowest BCUT2D eigenvalue weighted by atomic mass is 10.0. The van der Waals surface area contributed by atoms with Crippen molar-refractivity contribution in [2.45, 2.75) is 89.1 Å². The first-order valence-corrected chi connectivity index (χ1v) is 19.2. The Bertz CT molecular complexity index is 1450. The van der Waals surface area contributed by atoms with Crippen LogP contribution in [-0.2, 0) is 23.6 Å². The highest BCUT2D eigenvalue weighted by Gasteiger charge is 2.42. The van der Waals surface area contributed by atoms with Crippen LogP contribution >= 0.6 is 11.6 Å². The van der Waals surface area contributed by atoms with Crippen LogP contribution in [0.5, 0.6) is 6.01 Å². The number of hydrogen-bond donors (Lipinski definition) is 1. The van der Waals surface area contributed by atoms with Crippen molar-refractivity contribution >= 4 is 31.4 Å². The summed E-state index contributed by atoms with van der Waals surface area (Å²) in [7, 11) is 0.137. The number of alkyl halides is 3. The van der Waals surface area contributed by atoms with Crippen LogP contribution in [0, 0.1) is 11.3 Å². The maximum absolute atomic E-state index is 14.1. The molecule has 1 aromatic carbocycles. The van der Waals surface area contributed by atoms with E-state index in [9.17, 15) is 18.4 Å². The standard InChI is InChI=1S/C32H45ClF3N7O2Si/c1-31(2,3)46(5,6)45-23-16-22(41(4)18-23)20-44-30-39-26-19-42(27-9-7-8-25(33)28(27)32(34,35)36)14-11-24(26)29(40-30)43-15-13-38-21(17-43)10-12-37/h7-9,21-23,38H,10-11,13-20H2,1-6H3/t21?,22-,23+/m0/s1. The van der Waals surface area contributed by atoms with Crippen molar-refractivity contribution in [2.75, 3.05) is 56.2 Å². The topological polar surface area (TPSA) is 89.8 Å². The predicted octanol–water partition coefficient (Wildman–Crippen LogP) is 5.88. The third-order valence-electron chi connectivity index (χ3n) is 9.85. The van der Waals surface area contributed by atoms with E-state index < -0.39 is 20.1 Å². The number of likely N-dealkylation sites (N-methyl/N-ethyl adjacent to an activating group) is 1. The average Bonchev–Trinajstić information content (AvgIpc) is 3.32. The molecule has 2 fully saturated rings. The number of benzene rings is 1. The van der Waals surface area contributed by atoms with Crippen molar-refractivity contribution in [3.8, 4) is 12.1 Å². The van der Waals surface area contributed by atoms with Crippen molar-refractivity contribution in [3.05, 3.63) is 40.0 Å². The second-order valence-corrected chi connectivity index (χ2v) is 19.3. The molecule has 2 saturated heterocycles. The van der Waals surface area contributed by atoms with Crippen molar-refractivity contribution in [1.29, 1.82) is 5.26 Å².